The fraction of sp³-hybridized carbons (Fsp3) is 0.286. The Kier molecular flexibility index (Phi) is 9.83. The molecule has 2 aromatic heterocycles. The molecule has 1 saturated heterocycles. The van der Waals surface area contributed by atoms with Crippen molar-refractivity contribution in [1.29, 1.82) is 0 Å². The molecule has 0 atom stereocenters. The first-order valence-corrected chi connectivity index (χ1v) is 15.8. The number of pyridine rings is 1. The Labute approximate surface area is 279 Å². The van der Waals surface area contributed by atoms with Crippen molar-refractivity contribution >= 4 is 39.9 Å². The smallest absolute Gasteiger partial charge is 0.393 e. The van der Waals surface area contributed by atoms with E-state index in [1.165, 1.54) is 18.2 Å². The van der Waals surface area contributed by atoms with Crippen LogP contribution in [0.4, 0.5) is 28.9 Å². The van der Waals surface area contributed by atoms with Crippen molar-refractivity contribution in [3.8, 4) is 5.88 Å². The molecule has 0 radical (unpaired) electrons. The molecular formula is C35H33ClF4N6O2. The van der Waals surface area contributed by atoms with E-state index in [2.05, 4.69) is 25.5 Å². The van der Waals surface area contributed by atoms with Crippen molar-refractivity contribution in [2.45, 2.75) is 44.5 Å². The van der Waals surface area contributed by atoms with Crippen LogP contribution < -0.4 is 15.4 Å². The molecule has 48 heavy (non-hydrogen) atoms. The second-order valence-electron chi connectivity index (χ2n) is 11.8. The first kappa shape index (κ1) is 33.2. The number of hydrogen-bond donors (Lipinski definition) is 3. The Morgan fingerprint density at radius 1 is 1.02 bits per heavy atom. The number of anilines is 2. The van der Waals surface area contributed by atoms with Crippen LogP contribution >= 0.6 is 11.6 Å². The van der Waals surface area contributed by atoms with Crippen molar-refractivity contribution < 1.29 is 27.1 Å². The number of fused-ring (bicyclic) bond motifs is 1. The third kappa shape index (κ3) is 8.23. The van der Waals surface area contributed by atoms with Gasteiger partial charge in [-0.1, -0.05) is 23.7 Å². The lowest BCUT2D eigenvalue weighted by Crippen LogP contribution is -2.33. The second-order valence-corrected chi connectivity index (χ2v) is 12.2. The van der Waals surface area contributed by atoms with Crippen LogP contribution in [0.1, 0.15) is 51.8 Å². The number of amides is 1. The number of halogens is 5. The second kappa shape index (κ2) is 14.2. The number of carbonyl (C=O) groups excluding carboxylic acids is 1. The number of carbonyl (C=O) groups is 1. The number of nitrogens with one attached hydrogen (secondary N) is 3. The summed E-state index contributed by atoms with van der Waals surface area (Å²) in [6.07, 6.45) is -3.70. The molecule has 1 aliphatic rings. The quantitative estimate of drug-likeness (QED) is 0.129. The lowest BCUT2D eigenvalue weighted by atomic mass is 9.93. The van der Waals surface area contributed by atoms with Crippen LogP contribution in [-0.2, 0) is 19.6 Å². The molecule has 13 heteroatoms. The van der Waals surface area contributed by atoms with E-state index in [-0.39, 0.29) is 23.8 Å². The molecule has 0 aliphatic carbocycles. The van der Waals surface area contributed by atoms with E-state index in [0.717, 1.165) is 37.4 Å². The molecule has 8 nitrogen and oxygen atoms in total. The third-order valence-electron chi connectivity index (χ3n) is 8.33. The largest absolute Gasteiger partial charge is 0.473 e. The highest BCUT2D eigenvalue weighted by atomic mass is 35.5. The molecular weight excluding hydrogens is 648 g/mol. The zero-order valence-electron chi connectivity index (χ0n) is 26.0. The Morgan fingerprint density at radius 3 is 2.58 bits per heavy atom. The van der Waals surface area contributed by atoms with E-state index in [1.54, 1.807) is 49.5 Å². The van der Waals surface area contributed by atoms with Crippen LogP contribution in [0.5, 0.6) is 5.88 Å². The molecule has 0 spiro atoms. The predicted molar refractivity (Wildman–Crippen MR) is 177 cm³/mol. The minimum Gasteiger partial charge on any atom is -0.473 e. The Morgan fingerprint density at radius 2 is 1.83 bits per heavy atom. The zero-order chi connectivity index (χ0) is 33.8. The summed E-state index contributed by atoms with van der Waals surface area (Å²) in [6.45, 7) is 2.33. The van der Waals surface area contributed by atoms with Crippen molar-refractivity contribution in [3.63, 3.8) is 0 Å². The topological polar surface area (TPSA) is 95.2 Å². The number of benzene rings is 3. The van der Waals surface area contributed by atoms with Crippen LogP contribution in [-0.4, -0.2) is 52.1 Å². The maximum Gasteiger partial charge on any atom is 0.393 e. The average Bonchev–Trinajstić information content (AvgIpc) is 3.46. The SMILES string of the molecule is CNc1ccc(NC(=O)c2ccc3nc(CN4CCC(c5cccc(OCc6ccc(Cl)cc6F)n5)CC4)[nH]c3c2)cc1CC(F)(F)F. The van der Waals surface area contributed by atoms with E-state index < -0.39 is 24.3 Å². The highest BCUT2D eigenvalue weighted by Gasteiger charge is 2.29. The van der Waals surface area contributed by atoms with Gasteiger partial charge in [0.25, 0.3) is 5.91 Å². The maximum absolute atomic E-state index is 14.1. The van der Waals surface area contributed by atoms with Crippen molar-refractivity contribution in [2.24, 2.45) is 0 Å². The number of likely N-dealkylation sites (tertiary alicyclic amines) is 1. The van der Waals surface area contributed by atoms with Gasteiger partial charge in [0.05, 0.1) is 24.0 Å². The molecule has 3 heterocycles. The molecule has 6 rings (SSSR count). The molecule has 1 fully saturated rings. The van der Waals surface area contributed by atoms with Gasteiger partial charge in [0, 0.05) is 52.3 Å². The molecule has 0 saturated carbocycles. The Hall–Kier alpha value is -4.68. The van der Waals surface area contributed by atoms with Crippen LogP contribution in [0.2, 0.25) is 5.02 Å². The summed E-state index contributed by atoms with van der Waals surface area (Å²) < 4.78 is 59.1. The number of hydrogen-bond acceptors (Lipinski definition) is 6. The predicted octanol–water partition coefficient (Wildman–Crippen LogP) is 8.11. The molecule has 0 bridgehead atoms. The van der Waals surface area contributed by atoms with Crippen LogP contribution in [0, 0.1) is 5.82 Å². The summed E-state index contributed by atoms with van der Waals surface area (Å²) in [4.78, 5) is 28.0. The number of alkyl halides is 3. The lowest BCUT2D eigenvalue weighted by Gasteiger charge is -2.31. The van der Waals surface area contributed by atoms with Crippen molar-refractivity contribution in [1.82, 2.24) is 19.9 Å². The maximum atomic E-state index is 14.1. The summed E-state index contributed by atoms with van der Waals surface area (Å²) in [5, 5.41) is 5.79. The third-order valence-corrected chi connectivity index (χ3v) is 8.57. The molecule has 5 aromatic rings. The summed E-state index contributed by atoms with van der Waals surface area (Å²) in [7, 11) is 1.55. The summed E-state index contributed by atoms with van der Waals surface area (Å²) in [5.41, 5.74) is 3.76. The van der Waals surface area contributed by atoms with Gasteiger partial charge in [-0.15, -0.1) is 0 Å². The van der Waals surface area contributed by atoms with Crippen molar-refractivity contribution in [3.05, 3.63) is 112 Å². The number of imidazole rings is 1. The highest BCUT2D eigenvalue weighted by Crippen LogP contribution is 2.30. The number of rotatable bonds is 10. The summed E-state index contributed by atoms with van der Waals surface area (Å²) in [6, 6.07) is 19.6. The first-order chi connectivity index (χ1) is 23.0. The minimum absolute atomic E-state index is 0.0438. The number of aromatic amines is 1. The first-order valence-electron chi connectivity index (χ1n) is 15.5. The minimum atomic E-state index is -4.38. The van der Waals surface area contributed by atoms with Crippen molar-refractivity contribution in [2.75, 3.05) is 30.8 Å². The zero-order valence-corrected chi connectivity index (χ0v) is 26.8. The molecule has 3 aromatic carbocycles. The van der Waals surface area contributed by atoms with Gasteiger partial charge in [-0.05, 0) is 86.1 Å². The van der Waals surface area contributed by atoms with Gasteiger partial charge in [0.1, 0.15) is 18.2 Å². The van der Waals surface area contributed by atoms with Gasteiger partial charge >= 0.3 is 6.18 Å². The van der Waals surface area contributed by atoms with E-state index in [0.29, 0.717) is 45.3 Å². The Balaban J connectivity index is 1.04. The fourth-order valence-electron chi connectivity index (χ4n) is 5.89. The number of nitrogens with zero attached hydrogens (tertiary/aromatic N) is 3. The van der Waals surface area contributed by atoms with Crippen LogP contribution in [0.15, 0.2) is 72.8 Å². The van der Waals surface area contributed by atoms with Gasteiger partial charge in [-0.25, -0.2) is 14.4 Å². The average molecular weight is 681 g/mol. The molecule has 0 unspecified atom stereocenters. The highest BCUT2D eigenvalue weighted by molar-refractivity contribution is 6.30. The van der Waals surface area contributed by atoms with Crippen LogP contribution in [0.3, 0.4) is 0 Å². The van der Waals surface area contributed by atoms with Gasteiger partial charge in [0.15, 0.2) is 0 Å². The lowest BCUT2D eigenvalue weighted by molar-refractivity contribution is -0.127. The van der Waals surface area contributed by atoms with Gasteiger partial charge < -0.3 is 20.4 Å². The molecule has 1 amide bonds. The molecule has 250 valence electrons. The summed E-state index contributed by atoms with van der Waals surface area (Å²) in [5.74, 6) is 0.608. The monoisotopic (exact) mass is 680 g/mol. The fourth-order valence-corrected chi connectivity index (χ4v) is 6.05. The normalized spacial score (nSPS) is 14.3. The van der Waals surface area contributed by atoms with E-state index in [4.69, 9.17) is 21.3 Å². The van der Waals surface area contributed by atoms with E-state index in [9.17, 15) is 22.4 Å². The number of H-pyrrole nitrogens is 1. The van der Waals surface area contributed by atoms with E-state index in [1.807, 2.05) is 12.1 Å². The Bertz CT molecular complexity index is 1920. The number of piperidine rings is 1. The van der Waals surface area contributed by atoms with Gasteiger partial charge in [0.2, 0.25) is 5.88 Å². The van der Waals surface area contributed by atoms with Gasteiger partial charge in [-0.3, -0.25) is 9.69 Å². The standard InChI is InChI=1S/C35H33ClF4N6O2/c1-41-28-10-8-26(15-24(28)18-35(38,39)40)42-34(47)22-6-9-30-31(16-22)44-32(43-30)19-46-13-11-21(12-14-46)29-3-2-4-33(45-29)48-20-23-5-7-25(36)17-27(23)37/h2-10,15-17,21,41H,11-14,18-20H2,1H3,(H,42,47)(H,43,44). The molecule has 3 N–H and O–H groups in total. The van der Waals surface area contributed by atoms with Crippen LogP contribution in [0.25, 0.3) is 11.0 Å². The van der Waals surface area contributed by atoms with E-state index >= 15 is 0 Å². The van der Waals surface area contributed by atoms with Gasteiger partial charge in [-0.2, -0.15) is 13.2 Å². The molecule has 1 aliphatic heterocycles. The number of ether oxygens (including phenoxy) is 1. The number of aromatic nitrogens is 3. The summed E-state index contributed by atoms with van der Waals surface area (Å²) >= 11 is 5.84.